The molecule has 0 saturated heterocycles. The molecule has 1 aromatic rings. The van der Waals surface area contributed by atoms with Crippen LogP contribution in [0.5, 0.6) is 0 Å². The Balaban J connectivity index is 1.67. The van der Waals surface area contributed by atoms with Crippen LogP contribution in [0.2, 0.25) is 0 Å². The Morgan fingerprint density at radius 2 is 1.83 bits per heavy atom. The molecule has 2 aliphatic carbocycles. The van der Waals surface area contributed by atoms with Crippen molar-refractivity contribution in [1.82, 2.24) is 9.97 Å². The second-order valence-electron chi connectivity index (χ2n) is 5.45. The lowest BCUT2D eigenvalue weighted by atomic mass is 10.1. The molecule has 2 saturated carbocycles. The summed E-state index contributed by atoms with van der Waals surface area (Å²) in [5.74, 6) is 9.36. The molecular formula is C13H21N5. The average Bonchev–Trinajstić information content (AvgIpc) is 3.13. The maximum absolute atomic E-state index is 5.46. The third kappa shape index (κ3) is 2.72. The Kier molecular flexibility index (Phi) is 3.32. The summed E-state index contributed by atoms with van der Waals surface area (Å²) >= 11 is 0. The number of nitrogens with zero attached hydrogens (tertiary/aromatic N) is 2. The minimum Gasteiger partial charge on any atom is -0.370 e. The van der Waals surface area contributed by atoms with Crippen LogP contribution >= 0.6 is 0 Å². The fraction of sp³-hybridized carbons (Fsp3) is 0.692. The Bertz CT molecular complexity index is 410. The number of nitrogens with one attached hydrogen (secondary N) is 2. The number of nitrogens with two attached hydrogens (primary N) is 1. The van der Waals surface area contributed by atoms with E-state index in [0.29, 0.717) is 11.7 Å². The first-order chi connectivity index (χ1) is 8.85. The molecule has 0 atom stereocenters. The van der Waals surface area contributed by atoms with Gasteiger partial charge in [0, 0.05) is 18.5 Å². The molecule has 1 heterocycles. The van der Waals surface area contributed by atoms with Crippen LogP contribution in [0.25, 0.3) is 0 Å². The lowest BCUT2D eigenvalue weighted by Gasteiger charge is -2.12. The monoisotopic (exact) mass is 247 g/mol. The predicted octanol–water partition coefficient (Wildman–Crippen LogP) is 2.24. The van der Waals surface area contributed by atoms with Gasteiger partial charge in [0.25, 0.3) is 0 Å². The molecule has 2 fully saturated rings. The Morgan fingerprint density at radius 1 is 1.11 bits per heavy atom. The van der Waals surface area contributed by atoms with Gasteiger partial charge in [0.05, 0.1) is 0 Å². The van der Waals surface area contributed by atoms with Crippen molar-refractivity contribution in [1.29, 1.82) is 0 Å². The topological polar surface area (TPSA) is 75.9 Å². The second-order valence-corrected chi connectivity index (χ2v) is 5.45. The van der Waals surface area contributed by atoms with Gasteiger partial charge in [0.1, 0.15) is 17.5 Å². The van der Waals surface area contributed by atoms with Gasteiger partial charge in [0.2, 0.25) is 0 Å². The van der Waals surface area contributed by atoms with Crippen molar-refractivity contribution in [3.8, 4) is 0 Å². The highest BCUT2D eigenvalue weighted by atomic mass is 15.3. The van der Waals surface area contributed by atoms with Crippen molar-refractivity contribution in [3.63, 3.8) is 0 Å². The summed E-state index contributed by atoms with van der Waals surface area (Å²) < 4.78 is 0. The number of hydrazine groups is 1. The van der Waals surface area contributed by atoms with E-state index in [-0.39, 0.29) is 0 Å². The quantitative estimate of drug-likeness (QED) is 0.549. The largest absolute Gasteiger partial charge is 0.370 e. The summed E-state index contributed by atoms with van der Waals surface area (Å²) in [4.78, 5) is 8.99. The number of anilines is 2. The van der Waals surface area contributed by atoms with Crippen molar-refractivity contribution >= 4 is 11.6 Å². The minimum absolute atomic E-state index is 0.547. The lowest BCUT2D eigenvalue weighted by molar-refractivity contribution is 0.578. The highest BCUT2D eigenvalue weighted by Crippen LogP contribution is 2.38. The normalized spacial score (nSPS) is 20.1. The van der Waals surface area contributed by atoms with Gasteiger partial charge in [-0.05, 0) is 31.6 Å². The maximum atomic E-state index is 5.46. The summed E-state index contributed by atoms with van der Waals surface area (Å²) in [6.07, 6.45) is 7.84. The molecule has 2 aliphatic rings. The van der Waals surface area contributed by atoms with E-state index in [2.05, 4.69) is 20.7 Å². The van der Waals surface area contributed by atoms with Crippen LogP contribution in [0.3, 0.4) is 0 Å². The molecule has 98 valence electrons. The average molecular weight is 247 g/mol. The standard InChI is InChI=1S/C13H21N5/c14-18-12-7-11(15-8-9-3-1-2-4-9)16-13(17-12)10-5-6-10/h7,9-10H,1-6,8,14H2,(H2,15,16,17,18). The van der Waals surface area contributed by atoms with Crippen molar-refractivity contribution in [2.75, 3.05) is 17.3 Å². The smallest absolute Gasteiger partial charge is 0.145 e. The van der Waals surface area contributed by atoms with E-state index in [1.165, 1.54) is 38.5 Å². The van der Waals surface area contributed by atoms with Crippen LogP contribution in [0, 0.1) is 5.92 Å². The highest BCUT2D eigenvalue weighted by molar-refractivity contribution is 5.47. The first kappa shape index (κ1) is 11.7. The summed E-state index contributed by atoms with van der Waals surface area (Å²) in [7, 11) is 0. The van der Waals surface area contributed by atoms with Gasteiger partial charge < -0.3 is 10.7 Å². The van der Waals surface area contributed by atoms with Gasteiger partial charge in [-0.3, -0.25) is 0 Å². The molecular weight excluding hydrogens is 226 g/mol. The Hall–Kier alpha value is -1.36. The van der Waals surface area contributed by atoms with Gasteiger partial charge in [-0.15, -0.1) is 0 Å². The molecule has 0 amide bonds. The fourth-order valence-corrected chi connectivity index (χ4v) is 2.62. The van der Waals surface area contributed by atoms with Crippen LogP contribution in [0.4, 0.5) is 11.6 Å². The van der Waals surface area contributed by atoms with Crippen molar-refractivity contribution in [3.05, 3.63) is 11.9 Å². The molecule has 0 radical (unpaired) electrons. The second kappa shape index (κ2) is 5.10. The molecule has 0 unspecified atom stereocenters. The number of hydrogen-bond donors (Lipinski definition) is 3. The molecule has 0 bridgehead atoms. The van der Waals surface area contributed by atoms with E-state index in [1.807, 2.05) is 6.07 Å². The van der Waals surface area contributed by atoms with E-state index in [9.17, 15) is 0 Å². The van der Waals surface area contributed by atoms with Gasteiger partial charge >= 0.3 is 0 Å². The Labute approximate surface area is 108 Å². The lowest BCUT2D eigenvalue weighted by Crippen LogP contribution is -2.15. The number of rotatable bonds is 5. The van der Waals surface area contributed by atoms with E-state index in [1.54, 1.807) is 0 Å². The number of nitrogen functional groups attached to an aromatic ring is 1. The van der Waals surface area contributed by atoms with Crippen LogP contribution in [-0.2, 0) is 0 Å². The van der Waals surface area contributed by atoms with E-state index >= 15 is 0 Å². The van der Waals surface area contributed by atoms with E-state index in [4.69, 9.17) is 5.84 Å². The van der Waals surface area contributed by atoms with Crippen LogP contribution < -0.4 is 16.6 Å². The third-order valence-electron chi connectivity index (χ3n) is 3.88. The predicted molar refractivity (Wildman–Crippen MR) is 72.3 cm³/mol. The highest BCUT2D eigenvalue weighted by Gasteiger charge is 2.27. The third-order valence-corrected chi connectivity index (χ3v) is 3.88. The van der Waals surface area contributed by atoms with Crippen molar-refractivity contribution in [2.45, 2.75) is 44.4 Å². The van der Waals surface area contributed by atoms with Gasteiger partial charge in [0.15, 0.2) is 0 Å². The van der Waals surface area contributed by atoms with Gasteiger partial charge in [-0.2, -0.15) is 0 Å². The summed E-state index contributed by atoms with van der Waals surface area (Å²) in [5.41, 5.74) is 2.63. The van der Waals surface area contributed by atoms with Crippen LogP contribution in [-0.4, -0.2) is 16.5 Å². The van der Waals surface area contributed by atoms with Crippen LogP contribution in [0.1, 0.15) is 50.3 Å². The molecule has 5 heteroatoms. The SMILES string of the molecule is NNc1cc(NCC2CCCC2)nc(C2CC2)n1. The molecule has 0 aromatic carbocycles. The van der Waals surface area contributed by atoms with E-state index < -0.39 is 0 Å². The summed E-state index contributed by atoms with van der Waals surface area (Å²) in [6, 6.07) is 1.89. The first-order valence-electron chi connectivity index (χ1n) is 6.94. The summed E-state index contributed by atoms with van der Waals surface area (Å²) in [6.45, 7) is 1.02. The van der Waals surface area contributed by atoms with Crippen molar-refractivity contribution in [2.24, 2.45) is 11.8 Å². The van der Waals surface area contributed by atoms with Gasteiger partial charge in [-0.25, -0.2) is 15.8 Å². The molecule has 4 N–H and O–H groups in total. The zero-order chi connectivity index (χ0) is 12.4. The molecule has 0 spiro atoms. The van der Waals surface area contributed by atoms with Crippen LogP contribution in [0.15, 0.2) is 6.07 Å². The molecule has 1 aromatic heterocycles. The van der Waals surface area contributed by atoms with Gasteiger partial charge in [-0.1, -0.05) is 12.8 Å². The zero-order valence-corrected chi connectivity index (χ0v) is 10.7. The van der Waals surface area contributed by atoms with Crippen molar-refractivity contribution < 1.29 is 0 Å². The number of aromatic nitrogens is 2. The Morgan fingerprint density at radius 3 is 2.50 bits per heavy atom. The summed E-state index contributed by atoms with van der Waals surface area (Å²) in [5, 5.41) is 3.44. The molecule has 18 heavy (non-hydrogen) atoms. The zero-order valence-electron chi connectivity index (χ0n) is 10.7. The molecule has 0 aliphatic heterocycles. The maximum Gasteiger partial charge on any atom is 0.145 e. The minimum atomic E-state index is 0.547. The molecule has 3 rings (SSSR count). The van der Waals surface area contributed by atoms with E-state index in [0.717, 1.165) is 24.1 Å². The number of hydrogen-bond acceptors (Lipinski definition) is 5. The molecule has 5 nitrogen and oxygen atoms in total. The first-order valence-corrected chi connectivity index (χ1v) is 6.94. The fourth-order valence-electron chi connectivity index (χ4n) is 2.62.